The maximum absolute atomic E-state index is 11.8. The highest BCUT2D eigenvalue weighted by molar-refractivity contribution is 14.1. The minimum absolute atomic E-state index is 0.0850. The molecule has 1 aliphatic carbocycles. The Balaban J connectivity index is 1.66. The summed E-state index contributed by atoms with van der Waals surface area (Å²) in [6, 6.07) is 0. The number of hydrogen-bond donors (Lipinski definition) is 2. The molecule has 7 heteroatoms. The van der Waals surface area contributed by atoms with Gasteiger partial charge in [-0.3, -0.25) is 4.79 Å². The quantitative estimate of drug-likeness (QED) is 0.421. The van der Waals surface area contributed by atoms with Gasteiger partial charge in [-0.15, -0.1) is 0 Å². The predicted octanol–water partition coefficient (Wildman–Crippen LogP) is 1.62. The van der Waals surface area contributed by atoms with Crippen LogP contribution in [-0.4, -0.2) is 37.9 Å². The zero-order chi connectivity index (χ0) is 14.5. The molecular formula is C13H20IN5O. The summed E-state index contributed by atoms with van der Waals surface area (Å²) < 4.78 is 0.0850. The highest BCUT2D eigenvalue weighted by Crippen LogP contribution is 2.35. The Bertz CT molecular complexity index is 458. The number of alkyl halides is 1. The second-order valence-corrected chi connectivity index (χ2v) is 6.62. The lowest BCUT2D eigenvalue weighted by atomic mass is 10.2. The van der Waals surface area contributed by atoms with E-state index in [1.807, 2.05) is 13.8 Å². The third-order valence-corrected chi connectivity index (χ3v) is 4.16. The van der Waals surface area contributed by atoms with Crippen LogP contribution in [0.3, 0.4) is 0 Å². The van der Waals surface area contributed by atoms with Gasteiger partial charge in [0.1, 0.15) is 11.6 Å². The first kappa shape index (κ1) is 15.4. The summed E-state index contributed by atoms with van der Waals surface area (Å²) in [5, 5.41) is 6.03. The van der Waals surface area contributed by atoms with E-state index in [9.17, 15) is 4.79 Å². The average molecular weight is 389 g/mol. The molecule has 6 nitrogen and oxygen atoms in total. The molecule has 0 saturated heterocycles. The van der Waals surface area contributed by atoms with E-state index in [0.717, 1.165) is 12.3 Å². The first-order chi connectivity index (χ1) is 9.54. The largest absolute Gasteiger partial charge is 0.353 e. The monoisotopic (exact) mass is 389 g/mol. The van der Waals surface area contributed by atoms with Crippen molar-refractivity contribution in [2.24, 2.45) is 5.92 Å². The second-order valence-electron chi connectivity index (χ2n) is 5.12. The van der Waals surface area contributed by atoms with Crippen molar-refractivity contribution < 1.29 is 4.79 Å². The van der Waals surface area contributed by atoms with Gasteiger partial charge in [-0.05, 0) is 26.2 Å². The molecule has 1 aliphatic rings. The molecule has 1 amide bonds. The molecule has 1 atom stereocenters. The second kappa shape index (κ2) is 7.14. The van der Waals surface area contributed by atoms with Crippen molar-refractivity contribution in [3.05, 3.63) is 11.6 Å². The normalized spacial score (nSPS) is 15.8. The van der Waals surface area contributed by atoms with Crippen molar-refractivity contribution in [2.75, 3.05) is 18.4 Å². The van der Waals surface area contributed by atoms with Gasteiger partial charge >= 0.3 is 0 Å². The minimum Gasteiger partial charge on any atom is -0.353 e. The van der Waals surface area contributed by atoms with Crippen LogP contribution >= 0.6 is 22.6 Å². The molecule has 1 fully saturated rings. The van der Waals surface area contributed by atoms with Gasteiger partial charge in [0.25, 0.3) is 0 Å². The maximum atomic E-state index is 11.8. The Hall–Kier alpha value is -0.990. The molecule has 1 unspecified atom stereocenters. The van der Waals surface area contributed by atoms with Crippen molar-refractivity contribution in [1.82, 2.24) is 20.3 Å². The number of hydrogen-bond acceptors (Lipinski definition) is 5. The van der Waals surface area contributed by atoms with E-state index in [0.29, 0.717) is 30.7 Å². The van der Waals surface area contributed by atoms with E-state index in [-0.39, 0.29) is 9.83 Å². The predicted molar refractivity (Wildman–Crippen MR) is 85.9 cm³/mol. The third-order valence-electron chi connectivity index (χ3n) is 3.09. The number of anilines is 1. The molecular weight excluding hydrogens is 369 g/mol. The van der Waals surface area contributed by atoms with Gasteiger partial charge in [0.05, 0.1) is 3.92 Å². The summed E-state index contributed by atoms with van der Waals surface area (Å²) in [5.74, 6) is 2.86. The number of carbonyl (C=O) groups is 1. The number of aromatic nitrogens is 3. The van der Waals surface area contributed by atoms with Crippen LogP contribution in [0.4, 0.5) is 5.95 Å². The van der Waals surface area contributed by atoms with Gasteiger partial charge < -0.3 is 10.6 Å². The van der Waals surface area contributed by atoms with E-state index in [1.54, 1.807) is 0 Å². The van der Waals surface area contributed by atoms with E-state index in [4.69, 9.17) is 0 Å². The Morgan fingerprint density at radius 2 is 1.90 bits per heavy atom. The average Bonchev–Trinajstić information content (AvgIpc) is 3.17. The lowest BCUT2D eigenvalue weighted by molar-refractivity contribution is -0.120. The Morgan fingerprint density at radius 3 is 2.50 bits per heavy atom. The molecule has 0 spiro atoms. The Kier molecular flexibility index (Phi) is 5.50. The molecule has 2 N–H and O–H groups in total. The van der Waals surface area contributed by atoms with Crippen LogP contribution in [0.25, 0.3) is 0 Å². The number of amides is 1. The SMILES string of the molecule is Cc1nc(C)nc(NCCNC(=O)C(I)CC2CC2)n1. The molecule has 0 radical (unpaired) electrons. The lowest BCUT2D eigenvalue weighted by Gasteiger charge is -2.11. The van der Waals surface area contributed by atoms with Gasteiger partial charge in [0.2, 0.25) is 11.9 Å². The standard InChI is InChI=1S/C13H20IN5O/c1-8-17-9(2)19-13(18-8)16-6-5-15-12(20)11(14)7-10-3-4-10/h10-11H,3-7H2,1-2H3,(H,15,20)(H,16,17,18,19). The van der Waals surface area contributed by atoms with Crippen LogP contribution in [0.1, 0.15) is 30.9 Å². The smallest absolute Gasteiger partial charge is 0.233 e. The van der Waals surface area contributed by atoms with Crippen LogP contribution < -0.4 is 10.6 Å². The van der Waals surface area contributed by atoms with Gasteiger partial charge in [0, 0.05) is 13.1 Å². The molecule has 20 heavy (non-hydrogen) atoms. The van der Waals surface area contributed by atoms with Gasteiger partial charge in [-0.25, -0.2) is 4.98 Å². The summed E-state index contributed by atoms with van der Waals surface area (Å²) in [4.78, 5) is 24.3. The number of rotatable bonds is 7. The van der Waals surface area contributed by atoms with E-state index < -0.39 is 0 Å². The molecule has 0 bridgehead atoms. The number of nitrogens with one attached hydrogen (secondary N) is 2. The van der Waals surface area contributed by atoms with Gasteiger partial charge in [-0.2, -0.15) is 9.97 Å². The van der Waals surface area contributed by atoms with Crippen molar-refractivity contribution in [2.45, 2.75) is 37.0 Å². The maximum Gasteiger partial charge on any atom is 0.233 e. The molecule has 1 saturated carbocycles. The molecule has 110 valence electrons. The number of aryl methyl sites for hydroxylation is 2. The molecule has 0 aromatic carbocycles. The number of halogens is 1. The van der Waals surface area contributed by atoms with Gasteiger partial charge in [0.15, 0.2) is 0 Å². The first-order valence-electron chi connectivity index (χ1n) is 6.89. The highest BCUT2D eigenvalue weighted by Gasteiger charge is 2.27. The fourth-order valence-corrected chi connectivity index (χ4v) is 2.86. The zero-order valence-electron chi connectivity index (χ0n) is 11.8. The summed E-state index contributed by atoms with van der Waals surface area (Å²) in [5.41, 5.74) is 0. The molecule has 1 heterocycles. The summed E-state index contributed by atoms with van der Waals surface area (Å²) in [6.45, 7) is 4.86. The lowest BCUT2D eigenvalue weighted by Crippen LogP contribution is -2.34. The van der Waals surface area contributed by atoms with Crippen LogP contribution in [0.15, 0.2) is 0 Å². The van der Waals surface area contributed by atoms with E-state index in [2.05, 4.69) is 48.2 Å². The van der Waals surface area contributed by atoms with Crippen LogP contribution in [0.5, 0.6) is 0 Å². The minimum atomic E-state index is 0.0850. The zero-order valence-corrected chi connectivity index (χ0v) is 14.0. The summed E-state index contributed by atoms with van der Waals surface area (Å²) in [7, 11) is 0. The third kappa shape index (κ3) is 5.18. The number of carbonyl (C=O) groups excluding carboxylic acids is 1. The summed E-state index contributed by atoms with van der Waals surface area (Å²) in [6.07, 6.45) is 3.57. The van der Waals surface area contributed by atoms with Gasteiger partial charge in [-0.1, -0.05) is 35.4 Å². The Morgan fingerprint density at radius 1 is 1.25 bits per heavy atom. The molecule has 2 rings (SSSR count). The summed E-state index contributed by atoms with van der Waals surface area (Å²) >= 11 is 2.23. The van der Waals surface area contributed by atoms with Crippen LogP contribution in [0, 0.1) is 19.8 Å². The molecule has 1 aromatic heterocycles. The fourth-order valence-electron chi connectivity index (χ4n) is 1.92. The fraction of sp³-hybridized carbons (Fsp3) is 0.692. The van der Waals surface area contributed by atoms with E-state index in [1.165, 1.54) is 12.8 Å². The molecule has 1 aromatic rings. The highest BCUT2D eigenvalue weighted by atomic mass is 127. The van der Waals surface area contributed by atoms with Crippen molar-refractivity contribution >= 4 is 34.4 Å². The van der Waals surface area contributed by atoms with Crippen molar-refractivity contribution in [1.29, 1.82) is 0 Å². The van der Waals surface area contributed by atoms with Crippen LogP contribution in [-0.2, 0) is 4.79 Å². The van der Waals surface area contributed by atoms with Crippen LogP contribution in [0.2, 0.25) is 0 Å². The first-order valence-corrected chi connectivity index (χ1v) is 8.14. The van der Waals surface area contributed by atoms with Crippen molar-refractivity contribution in [3.63, 3.8) is 0 Å². The topological polar surface area (TPSA) is 79.8 Å². The number of nitrogens with zero attached hydrogens (tertiary/aromatic N) is 3. The van der Waals surface area contributed by atoms with E-state index >= 15 is 0 Å². The molecule has 0 aliphatic heterocycles. The Labute approximate surface area is 132 Å². The van der Waals surface area contributed by atoms with Crippen molar-refractivity contribution in [3.8, 4) is 0 Å².